The number of aromatic amines is 1. The summed E-state index contributed by atoms with van der Waals surface area (Å²) in [5.41, 5.74) is 3.59. The highest BCUT2D eigenvalue weighted by atomic mass is 16.5. The van der Waals surface area contributed by atoms with Crippen LogP contribution >= 0.6 is 0 Å². The molecule has 0 unspecified atom stereocenters. The summed E-state index contributed by atoms with van der Waals surface area (Å²) in [5, 5.41) is 8.91. The van der Waals surface area contributed by atoms with Crippen LogP contribution in [0.15, 0.2) is 88.2 Å². The number of nitrogens with one attached hydrogen (secondary N) is 3. The zero-order valence-corrected chi connectivity index (χ0v) is 16.3. The maximum atomic E-state index is 12.3. The molecule has 0 aliphatic heterocycles. The molecule has 0 aliphatic carbocycles. The number of H-pyrrole nitrogens is 1. The Morgan fingerprint density at radius 1 is 0.871 bits per heavy atom. The van der Waals surface area contributed by atoms with Crippen molar-refractivity contribution in [1.29, 1.82) is 0 Å². The average Bonchev–Trinajstić information content (AvgIpc) is 3.25. The Labute approximate surface area is 176 Å². The van der Waals surface area contributed by atoms with Crippen molar-refractivity contribution >= 4 is 17.5 Å². The van der Waals surface area contributed by atoms with E-state index in [-0.39, 0.29) is 24.2 Å². The predicted octanol–water partition coefficient (Wildman–Crippen LogP) is 3.07. The van der Waals surface area contributed by atoms with Crippen LogP contribution in [-0.2, 0) is 4.79 Å². The number of carbonyl (C=O) groups excluding carboxylic acids is 2. The summed E-state index contributed by atoms with van der Waals surface area (Å²) in [7, 11) is 0. The van der Waals surface area contributed by atoms with Gasteiger partial charge in [-0.3, -0.25) is 19.1 Å². The van der Waals surface area contributed by atoms with Crippen LogP contribution in [0.2, 0.25) is 0 Å². The van der Waals surface area contributed by atoms with Crippen LogP contribution in [0.3, 0.4) is 0 Å². The summed E-state index contributed by atoms with van der Waals surface area (Å²) in [6.07, 6.45) is 0. The van der Waals surface area contributed by atoms with Crippen molar-refractivity contribution in [2.75, 3.05) is 11.9 Å². The quantitative estimate of drug-likeness (QED) is 0.448. The van der Waals surface area contributed by atoms with Crippen LogP contribution in [-0.4, -0.2) is 28.5 Å². The van der Waals surface area contributed by atoms with Gasteiger partial charge in [0.1, 0.15) is 0 Å². The number of hydrogen-bond acceptors (Lipinski definition) is 5. The molecule has 3 aromatic carbocycles. The first-order chi connectivity index (χ1) is 15.1. The first-order valence-corrected chi connectivity index (χ1v) is 9.48. The average molecular weight is 414 g/mol. The number of nitrogens with zero attached hydrogens (tertiary/aromatic N) is 1. The van der Waals surface area contributed by atoms with E-state index < -0.39 is 5.76 Å². The fourth-order valence-electron chi connectivity index (χ4n) is 3.01. The molecule has 4 rings (SSSR count). The number of anilines is 1. The monoisotopic (exact) mass is 414 g/mol. The van der Waals surface area contributed by atoms with Gasteiger partial charge in [-0.05, 0) is 35.4 Å². The molecule has 0 fully saturated rings. The minimum Gasteiger partial charge on any atom is -0.343 e. The molecule has 154 valence electrons. The highest BCUT2D eigenvalue weighted by Gasteiger charge is 2.10. The lowest BCUT2D eigenvalue weighted by atomic mass is 10.0. The van der Waals surface area contributed by atoms with Gasteiger partial charge in [0.2, 0.25) is 5.91 Å². The maximum absolute atomic E-state index is 12.3. The van der Waals surface area contributed by atoms with Gasteiger partial charge in [0.25, 0.3) is 5.91 Å². The van der Waals surface area contributed by atoms with Gasteiger partial charge < -0.3 is 10.6 Å². The van der Waals surface area contributed by atoms with E-state index in [4.69, 9.17) is 0 Å². The molecular weight excluding hydrogens is 396 g/mol. The summed E-state index contributed by atoms with van der Waals surface area (Å²) >= 11 is 0. The number of aromatic nitrogens is 2. The SMILES string of the molecule is O=C(CNC(=O)c1ccc(-c2ccccc2)cc1)Nc1cccc(-c2noc(=O)[nH]2)c1. The summed E-state index contributed by atoms with van der Waals surface area (Å²) in [5.74, 6) is -1.14. The second-order valence-electron chi connectivity index (χ2n) is 6.70. The van der Waals surface area contributed by atoms with Gasteiger partial charge in [-0.25, -0.2) is 4.79 Å². The van der Waals surface area contributed by atoms with Crippen molar-refractivity contribution < 1.29 is 14.1 Å². The van der Waals surface area contributed by atoms with Crippen LogP contribution in [0.5, 0.6) is 0 Å². The van der Waals surface area contributed by atoms with Crippen LogP contribution in [0.1, 0.15) is 10.4 Å². The smallest absolute Gasteiger partial charge is 0.343 e. The van der Waals surface area contributed by atoms with Gasteiger partial charge in [-0.15, -0.1) is 0 Å². The molecule has 0 radical (unpaired) electrons. The van der Waals surface area contributed by atoms with Crippen molar-refractivity contribution in [2.45, 2.75) is 0 Å². The predicted molar refractivity (Wildman–Crippen MR) is 115 cm³/mol. The van der Waals surface area contributed by atoms with E-state index >= 15 is 0 Å². The Balaban J connectivity index is 1.33. The Kier molecular flexibility index (Phi) is 5.70. The molecule has 31 heavy (non-hydrogen) atoms. The molecule has 0 atom stereocenters. The molecule has 0 aliphatic rings. The molecule has 4 aromatic rings. The molecule has 0 spiro atoms. The van der Waals surface area contributed by atoms with E-state index in [0.29, 0.717) is 16.8 Å². The van der Waals surface area contributed by atoms with Crippen LogP contribution < -0.4 is 16.4 Å². The first-order valence-electron chi connectivity index (χ1n) is 9.48. The number of rotatable bonds is 6. The number of hydrogen-bond donors (Lipinski definition) is 3. The molecule has 3 N–H and O–H groups in total. The van der Waals surface area contributed by atoms with Crippen molar-refractivity contribution in [3.63, 3.8) is 0 Å². The fourth-order valence-corrected chi connectivity index (χ4v) is 3.01. The Morgan fingerprint density at radius 2 is 1.58 bits per heavy atom. The number of carbonyl (C=O) groups is 2. The molecule has 0 saturated carbocycles. The van der Waals surface area contributed by atoms with Crippen molar-refractivity contribution in [3.8, 4) is 22.5 Å². The standard InChI is InChI=1S/C23H18N4O4/c28-20(25-19-8-4-7-18(13-19)21-26-23(30)31-27-21)14-24-22(29)17-11-9-16(10-12-17)15-5-2-1-3-6-15/h1-13H,14H2,(H,24,29)(H,25,28)(H,26,27,30). The summed E-state index contributed by atoms with van der Waals surface area (Å²) in [4.78, 5) is 38.1. The van der Waals surface area contributed by atoms with Crippen LogP contribution in [0.4, 0.5) is 5.69 Å². The second-order valence-corrected chi connectivity index (χ2v) is 6.70. The lowest BCUT2D eigenvalue weighted by Crippen LogP contribution is -2.32. The Bertz CT molecular complexity index is 1260. The van der Waals surface area contributed by atoms with Gasteiger partial charge in [0, 0.05) is 16.8 Å². The topological polar surface area (TPSA) is 117 Å². The number of amides is 2. The molecule has 1 heterocycles. The normalized spacial score (nSPS) is 10.5. The highest BCUT2D eigenvalue weighted by molar-refractivity contribution is 5.99. The molecular formula is C23H18N4O4. The van der Waals surface area contributed by atoms with Crippen LogP contribution in [0.25, 0.3) is 22.5 Å². The van der Waals surface area contributed by atoms with Crippen molar-refractivity contribution in [3.05, 3.63) is 95.0 Å². The summed E-state index contributed by atoms with van der Waals surface area (Å²) in [6, 6.07) is 23.7. The Morgan fingerprint density at radius 3 is 2.29 bits per heavy atom. The highest BCUT2D eigenvalue weighted by Crippen LogP contribution is 2.20. The van der Waals surface area contributed by atoms with Gasteiger partial charge in [-0.2, -0.15) is 0 Å². The van der Waals surface area contributed by atoms with E-state index in [1.165, 1.54) is 0 Å². The first kappa shape index (κ1) is 19.8. The summed E-state index contributed by atoms with van der Waals surface area (Å²) < 4.78 is 4.48. The van der Waals surface area contributed by atoms with Crippen molar-refractivity contribution in [2.24, 2.45) is 0 Å². The van der Waals surface area contributed by atoms with E-state index in [9.17, 15) is 14.4 Å². The largest absolute Gasteiger partial charge is 0.439 e. The molecule has 0 saturated heterocycles. The zero-order chi connectivity index (χ0) is 21.6. The van der Waals surface area contributed by atoms with Gasteiger partial charge in [0.05, 0.1) is 6.54 Å². The molecule has 0 bridgehead atoms. The van der Waals surface area contributed by atoms with E-state index in [1.807, 2.05) is 42.5 Å². The van der Waals surface area contributed by atoms with E-state index in [1.54, 1.807) is 36.4 Å². The third-order valence-electron chi connectivity index (χ3n) is 4.52. The summed E-state index contributed by atoms with van der Waals surface area (Å²) in [6.45, 7) is -0.190. The van der Waals surface area contributed by atoms with Crippen molar-refractivity contribution in [1.82, 2.24) is 15.5 Å². The maximum Gasteiger partial charge on any atom is 0.439 e. The molecule has 2 amide bonds. The minimum atomic E-state index is -0.663. The van der Waals surface area contributed by atoms with Gasteiger partial charge >= 0.3 is 5.76 Å². The minimum absolute atomic E-state index is 0.190. The lowest BCUT2D eigenvalue weighted by Gasteiger charge is -2.08. The number of benzene rings is 3. The second kappa shape index (κ2) is 8.91. The third kappa shape index (κ3) is 4.94. The van der Waals surface area contributed by atoms with E-state index in [0.717, 1.165) is 11.1 Å². The van der Waals surface area contributed by atoms with Crippen LogP contribution in [0, 0.1) is 0 Å². The fraction of sp³-hybridized carbons (Fsp3) is 0.0435. The molecule has 8 heteroatoms. The molecule has 1 aromatic heterocycles. The van der Waals surface area contributed by atoms with E-state index in [2.05, 4.69) is 25.3 Å². The van der Waals surface area contributed by atoms with Gasteiger partial charge in [-0.1, -0.05) is 59.8 Å². The molecule has 8 nitrogen and oxygen atoms in total. The lowest BCUT2D eigenvalue weighted by molar-refractivity contribution is -0.115. The third-order valence-corrected chi connectivity index (χ3v) is 4.52. The Hall–Kier alpha value is -4.46. The zero-order valence-electron chi connectivity index (χ0n) is 16.3. The van der Waals surface area contributed by atoms with Gasteiger partial charge in [0.15, 0.2) is 5.82 Å².